The molecule has 1 aliphatic carbocycles. The molecule has 2 aliphatic rings. The molecule has 1 heterocycles. The van der Waals surface area contributed by atoms with Crippen LogP contribution in [0.2, 0.25) is 0 Å². The topological polar surface area (TPSA) is 73.8 Å². The molecular formula is C24H30FN3O3. The van der Waals surface area contributed by atoms with Gasteiger partial charge in [-0.05, 0) is 67.5 Å². The van der Waals surface area contributed by atoms with Crippen LogP contribution in [0.15, 0.2) is 36.4 Å². The van der Waals surface area contributed by atoms with Gasteiger partial charge in [-0.15, -0.1) is 0 Å². The fraction of sp³-hybridized carbons (Fsp3) is 0.458. The van der Waals surface area contributed by atoms with Crippen LogP contribution in [0.25, 0.3) is 0 Å². The number of halogens is 1. The lowest BCUT2D eigenvalue weighted by atomic mass is 10.0. The highest BCUT2D eigenvalue weighted by Gasteiger charge is 2.25. The van der Waals surface area contributed by atoms with Crippen LogP contribution in [0, 0.1) is 11.7 Å². The first-order valence-electron chi connectivity index (χ1n) is 10.9. The average Bonchev–Trinajstić information content (AvgIpc) is 3.61. The van der Waals surface area contributed by atoms with E-state index in [0.29, 0.717) is 37.4 Å². The molecule has 2 aromatic rings. The second-order valence-electron chi connectivity index (χ2n) is 8.43. The maximum atomic E-state index is 14.0. The van der Waals surface area contributed by atoms with Gasteiger partial charge in [0.15, 0.2) is 11.6 Å². The molecule has 0 unspecified atom stereocenters. The van der Waals surface area contributed by atoms with E-state index >= 15 is 0 Å². The largest absolute Gasteiger partial charge is 0.494 e. The van der Waals surface area contributed by atoms with Gasteiger partial charge in [-0.3, -0.25) is 4.79 Å². The first-order chi connectivity index (χ1) is 15.0. The lowest BCUT2D eigenvalue weighted by Gasteiger charge is -2.33. The molecule has 1 aliphatic heterocycles. The predicted octanol–water partition coefficient (Wildman–Crippen LogP) is 3.55. The number of benzene rings is 2. The van der Waals surface area contributed by atoms with Gasteiger partial charge in [0.05, 0.1) is 18.8 Å². The number of piperidine rings is 1. The number of amides is 1. The first-order valence-corrected chi connectivity index (χ1v) is 10.9. The third-order valence-electron chi connectivity index (χ3n) is 6.01. The summed E-state index contributed by atoms with van der Waals surface area (Å²) >= 11 is 0. The van der Waals surface area contributed by atoms with Crippen molar-refractivity contribution < 1.29 is 19.0 Å². The van der Waals surface area contributed by atoms with Gasteiger partial charge in [0.25, 0.3) is 5.91 Å². The maximum Gasteiger partial charge on any atom is 0.253 e. The van der Waals surface area contributed by atoms with Crippen molar-refractivity contribution in [2.24, 2.45) is 5.92 Å². The van der Waals surface area contributed by atoms with E-state index in [1.807, 2.05) is 24.3 Å². The Morgan fingerprint density at radius 3 is 2.61 bits per heavy atom. The van der Waals surface area contributed by atoms with Crippen molar-refractivity contribution >= 4 is 17.3 Å². The van der Waals surface area contributed by atoms with Crippen LogP contribution >= 0.6 is 0 Å². The van der Waals surface area contributed by atoms with Gasteiger partial charge in [0.1, 0.15) is 0 Å². The van der Waals surface area contributed by atoms with E-state index in [2.05, 4.69) is 15.5 Å². The highest BCUT2D eigenvalue weighted by molar-refractivity contribution is 6.01. The van der Waals surface area contributed by atoms with E-state index in [0.717, 1.165) is 30.0 Å². The summed E-state index contributed by atoms with van der Waals surface area (Å²) in [6, 6.07) is 10.6. The van der Waals surface area contributed by atoms with Crippen LogP contribution < -0.4 is 20.3 Å². The lowest BCUT2D eigenvalue weighted by molar-refractivity contribution is 0.0952. The Morgan fingerprint density at radius 2 is 1.94 bits per heavy atom. The van der Waals surface area contributed by atoms with E-state index in [1.165, 1.54) is 26.0 Å². The number of nitrogens with one attached hydrogen (secondary N) is 2. The SMILES string of the molecule is COc1ccc(CNc2ccc(N3CCC(O)CC3)c(C(=O)NCC3CC3)c2)cc1F. The minimum atomic E-state index is -0.399. The molecule has 3 N–H and O–H groups in total. The van der Waals surface area contributed by atoms with Crippen LogP contribution in [-0.2, 0) is 6.54 Å². The summed E-state index contributed by atoms with van der Waals surface area (Å²) in [6.07, 6.45) is 3.49. The minimum Gasteiger partial charge on any atom is -0.494 e. The summed E-state index contributed by atoms with van der Waals surface area (Å²) in [7, 11) is 1.44. The van der Waals surface area contributed by atoms with Gasteiger partial charge in [-0.25, -0.2) is 4.39 Å². The first kappa shape index (κ1) is 21.4. The molecule has 0 aromatic heterocycles. The molecule has 1 saturated carbocycles. The van der Waals surface area contributed by atoms with E-state index in [1.54, 1.807) is 6.07 Å². The predicted molar refractivity (Wildman–Crippen MR) is 119 cm³/mol. The molecular weight excluding hydrogens is 397 g/mol. The van der Waals surface area contributed by atoms with Gasteiger partial charge >= 0.3 is 0 Å². The highest BCUT2D eigenvalue weighted by Crippen LogP contribution is 2.30. The van der Waals surface area contributed by atoms with Crippen molar-refractivity contribution in [3.8, 4) is 5.75 Å². The number of rotatable bonds is 8. The number of aliphatic hydroxyl groups excluding tert-OH is 1. The number of methoxy groups -OCH3 is 1. The fourth-order valence-electron chi connectivity index (χ4n) is 3.89. The van der Waals surface area contributed by atoms with E-state index in [-0.39, 0.29) is 17.8 Å². The zero-order valence-corrected chi connectivity index (χ0v) is 17.9. The normalized spacial score (nSPS) is 16.8. The van der Waals surface area contributed by atoms with Crippen molar-refractivity contribution in [2.75, 3.05) is 37.0 Å². The number of anilines is 2. The number of hydrogen-bond donors (Lipinski definition) is 3. The molecule has 0 radical (unpaired) electrons. The van der Waals surface area contributed by atoms with Crippen LogP contribution in [-0.4, -0.2) is 43.9 Å². The van der Waals surface area contributed by atoms with Crippen molar-refractivity contribution in [2.45, 2.75) is 38.3 Å². The van der Waals surface area contributed by atoms with Crippen LogP contribution in [0.4, 0.5) is 15.8 Å². The van der Waals surface area contributed by atoms with E-state index < -0.39 is 5.82 Å². The van der Waals surface area contributed by atoms with E-state index in [9.17, 15) is 14.3 Å². The van der Waals surface area contributed by atoms with Crippen LogP contribution in [0.3, 0.4) is 0 Å². The molecule has 0 bridgehead atoms. The second-order valence-corrected chi connectivity index (χ2v) is 8.43. The Kier molecular flexibility index (Phi) is 6.61. The summed E-state index contributed by atoms with van der Waals surface area (Å²) in [5.41, 5.74) is 3.10. The Balaban J connectivity index is 1.50. The smallest absolute Gasteiger partial charge is 0.253 e. The monoisotopic (exact) mass is 427 g/mol. The van der Waals surface area contributed by atoms with Crippen LogP contribution in [0.5, 0.6) is 5.75 Å². The zero-order valence-electron chi connectivity index (χ0n) is 17.9. The Bertz CT molecular complexity index is 924. The van der Waals surface area contributed by atoms with Gasteiger partial charge in [-0.2, -0.15) is 0 Å². The number of nitrogens with zero attached hydrogens (tertiary/aromatic N) is 1. The van der Waals surface area contributed by atoms with Crippen LogP contribution in [0.1, 0.15) is 41.6 Å². The third-order valence-corrected chi connectivity index (χ3v) is 6.01. The Hall–Kier alpha value is -2.80. The van der Waals surface area contributed by atoms with Crippen molar-refractivity contribution in [3.05, 3.63) is 53.3 Å². The summed E-state index contributed by atoms with van der Waals surface area (Å²) in [6.45, 7) is 2.59. The third kappa shape index (κ3) is 5.47. The second kappa shape index (κ2) is 9.56. The summed E-state index contributed by atoms with van der Waals surface area (Å²) in [4.78, 5) is 15.1. The average molecular weight is 428 g/mol. The summed E-state index contributed by atoms with van der Waals surface area (Å²) in [5, 5.41) is 16.2. The number of carbonyl (C=O) groups is 1. The molecule has 6 nitrogen and oxygen atoms in total. The molecule has 166 valence electrons. The molecule has 0 atom stereocenters. The minimum absolute atomic E-state index is 0.0767. The molecule has 2 aromatic carbocycles. The lowest BCUT2D eigenvalue weighted by Crippen LogP contribution is -2.37. The van der Waals surface area contributed by atoms with Gasteiger partial charge in [0.2, 0.25) is 0 Å². The molecule has 1 saturated heterocycles. The van der Waals surface area contributed by atoms with Gasteiger partial charge in [0, 0.05) is 37.6 Å². The van der Waals surface area contributed by atoms with E-state index in [4.69, 9.17) is 4.74 Å². The summed E-state index contributed by atoms with van der Waals surface area (Å²) in [5.74, 6) is 0.343. The molecule has 4 rings (SSSR count). The quantitative estimate of drug-likeness (QED) is 0.601. The fourth-order valence-corrected chi connectivity index (χ4v) is 3.89. The standard InChI is InChI=1S/C24H30FN3O3/c1-31-23-7-4-17(12-21(23)25)15-26-18-5-6-22(28-10-8-19(29)9-11-28)20(13-18)24(30)27-14-16-2-3-16/h4-7,12-13,16,19,26,29H,2-3,8-11,14-15H2,1H3,(H,27,30). The van der Waals surface area contributed by atoms with Gasteiger partial charge < -0.3 is 25.4 Å². The van der Waals surface area contributed by atoms with Gasteiger partial charge in [-0.1, -0.05) is 6.07 Å². The molecule has 0 spiro atoms. The Morgan fingerprint density at radius 1 is 1.16 bits per heavy atom. The number of ether oxygens (including phenoxy) is 1. The highest BCUT2D eigenvalue weighted by atomic mass is 19.1. The molecule has 31 heavy (non-hydrogen) atoms. The molecule has 2 fully saturated rings. The maximum absolute atomic E-state index is 14.0. The molecule has 1 amide bonds. The number of carbonyl (C=O) groups excluding carboxylic acids is 1. The zero-order chi connectivity index (χ0) is 21.8. The van der Waals surface area contributed by atoms with Crippen molar-refractivity contribution in [1.29, 1.82) is 0 Å². The van der Waals surface area contributed by atoms with Crippen molar-refractivity contribution in [1.82, 2.24) is 5.32 Å². The number of aliphatic hydroxyl groups is 1. The van der Waals surface area contributed by atoms with Crippen molar-refractivity contribution in [3.63, 3.8) is 0 Å². The Labute approximate surface area is 182 Å². The number of hydrogen-bond acceptors (Lipinski definition) is 5. The molecule has 7 heteroatoms. The summed E-state index contributed by atoms with van der Waals surface area (Å²) < 4.78 is 18.9.